The second kappa shape index (κ2) is 22.2. The van der Waals surface area contributed by atoms with Gasteiger partial charge in [0.05, 0.1) is 30.9 Å². The summed E-state index contributed by atoms with van der Waals surface area (Å²) in [5.41, 5.74) is 3.70. The highest BCUT2D eigenvalue weighted by molar-refractivity contribution is 6.03. The van der Waals surface area contributed by atoms with Crippen LogP contribution < -0.4 is 14.2 Å². The van der Waals surface area contributed by atoms with E-state index < -0.39 is 17.7 Å². The Balaban J connectivity index is 1.43. The summed E-state index contributed by atoms with van der Waals surface area (Å²) >= 11 is 0. The van der Waals surface area contributed by atoms with Gasteiger partial charge < -0.3 is 38.9 Å². The first-order chi connectivity index (χ1) is 31.3. The second-order valence-electron chi connectivity index (χ2n) is 17.7. The Morgan fingerprint density at radius 1 is 0.984 bits per heavy atom. The molecule has 4 aliphatic rings. The number of ether oxygens (including phenoxy) is 4. The van der Waals surface area contributed by atoms with Crippen molar-refractivity contribution in [2.24, 2.45) is 28.8 Å². The number of fused-ring (bicyclic) bond motifs is 2. The van der Waals surface area contributed by atoms with Crippen LogP contribution in [0, 0.1) is 29.5 Å². The first-order valence-corrected chi connectivity index (χ1v) is 23.3. The van der Waals surface area contributed by atoms with Gasteiger partial charge in [0.1, 0.15) is 41.5 Å². The van der Waals surface area contributed by atoms with E-state index in [2.05, 4.69) is 12.7 Å². The zero-order valence-electron chi connectivity index (χ0n) is 37.4. The lowest BCUT2D eigenvalue weighted by Gasteiger charge is -2.60. The first kappa shape index (κ1) is 46.9. The minimum absolute atomic E-state index is 0.0157. The maximum absolute atomic E-state index is 15.1. The third-order valence-corrected chi connectivity index (χ3v) is 13.7. The van der Waals surface area contributed by atoms with Crippen LogP contribution in [-0.2, 0) is 20.9 Å². The number of carbonyl (C=O) groups is 2. The van der Waals surface area contributed by atoms with Crippen LogP contribution in [0.15, 0.2) is 90.1 Å². The van der Waals surface area contributed by atoms with E-state index in [1.807, 2.05) is 30.0 Å². The zero-order valence-corrected chi connectivity index (χ0v) is 37.4. The maximum atomic E-state index is 15.1. The number of unbranched alkanes of at least 4 members (excludes halogenated alkanes) is 2. The highest BCUT2D eigenvalue weighted by Gasteiger charge is 2.65. The predicted molar refractivity (Wildman–Crippen MR) is 243 cm³/mol. The predicted octanol–water partition coefficient (Wildman–Crippen LogP) is 10.1. The monoisotopic (exact) mass is 880 g/mol. The lowest BCUT2D eigenvalue weighted by molar-refractivity contribution is -0.258. The number of carbonyl (C=O) groups excluding carboxylic acids is 2. The van der Waals surface area contributed by atoms with Crippen LogP contribution in [0.5, 0.6) is 23.0 Å². The van der Waals surface area contributed by atoms with E-state index in [0.717, 1.165) is 67.9 Å². The molecule has 1 amide bonds. The van der Waals surface area contributed by atoms with E-state index in [4.69, 9.17) is 28.9 Å². The van der Waals surface area contributed by atoms with E-state index in [-0.39, 0.29) is 62.3 Å². The number of methoxy groups -OCH3 is 1. The van der Waals surface area contributed by atoms with Gasteiger partial charge in [0.15, 0.2) is 6.29 Å². The van der Waals surface area contributed by atoms with E-state index in [1.165, 1.54) is 32.1 Å². The van der Waals surface area contributed by atoms with Gasteiger partial charge in [-0.25, -0.2) is 4.39 Å². The molecular weight excluding hydrogens is 816 g/mol. The third-order valence-electron chi connectivity index (χ3n) is 13.7. The van der Waals surface area contributed by atoms with Crippen LogP contribution in [0.4, 0.5) is 4.39 Å². The summed E-state index contributed by atoms with van der Waals surface area (Å²) in [7, 11) is 1.51. The molecular formula is C52H65FN2O9. The largest absolute Gasteiger partial charge is 0.496 e. The molecule has 2 N–H and O–H groups in total. The molecule has 6 atom stereocenters. The second-order valence-corrected chi connectivity index (χ2v) is 17.7. The molecule has 0 unspecified atom stereocenters. The number of hydrogen-bond donors (Lipinski definition) is 2. The number of rotatable bonds is 23. The van der Waals surface area contributed by atoms with Crippen LogP contribution >= 0.6 is 0 Å². The summed E-state index contributed by atoms with van der Waals surface area (Å²) in [4.78, 5) is 34.8. The van der Waals surface area contributed by atoms with Gasteiger partial charge in [0.2, 0.25) is 11.7 Å². The SMILES string of the molecule is C=CCO[C@@]12Oc3ccc(Oc4ccc(OC)c(C=O)c4)cc3[C@H]3[C@H](CCCCO)[C@@H](CCCCO)C=C(C(=NOCC)C[C@@H]1N(Cc1ccc(F)cc1)C(=O)CCC1CCCC1)[C@H]32. The fourth-order valence-corrected chi connectivity index (χ4v) is 10.8. The normalized spacial score (nSPS) is 24.2. The number of amides is 1. The molecule has 2 saturated carbocycles. The number of benzene rings is 3. The minimum Gasteiger partial charge on any atom is -0.496 e. The standard InChI is InChI=1S/C52H65FN2O9/c1-4-28-61-52-48(55(33-36-16-19-39(53)20-17-36)49(59)25-18-35-12-6-7-13-35)32-45(54-62-5-2)43-30-37(14-8-10-26-56)42(15-9-11-27-57)50(51(43)52)44-31-41(22-24-47(44)64-52)63-40-21-23-46(60-3)38(29-40)34-58/h4,16-17,19-24,29-31,34-35,37,42,48,50-51,56-57H,1,5-15,18,25-28,32-33H2,2-3H3/t37-,42+,48-,50+,51+,52+/m0/s1. The topological polar surface area (TPSA) is 136 Å². The molecule has 1 heterocycles. The molecule has 2 fully saturated rings. The fourth-order valence-electron chi connectivity index (χ4n) is 10.8. The highest BCUT2D eigenvalue weighted by Crippen LogP contribution is 2.62. The van der Waals surface area contributed by atoms with Gasteiger partial charge in [0.25, 0.3) is 0 Å². The molecule has 12 heteroatoms. The molecule has 7 rings (SSSR count). The van der Waals surface area contributed by atoms with Crippen LogP contribution in [0.3, 0.4) is 0 Å². The summed E-state index contributed by atoms with van der Waals surface area (Å²) in [6.45, 7) is 6.78. The lowest BCUT2D eigenvalue weighted by Crippen LogP contribution is -2.70. The van der Waals surface area contributed by atoms with Crippen LogP contribution in [0.2, 0.25) is 0 Å². The Hall–Kier alpha value is -5.04. The van der Waals surface area contributed by atoms with Crippen molar-refractivity contribution in [1.82, 2.24) is 4.90 Å². The van der Waals surface area contributed by atoms with E-state index in [0.29, 0.717) is 66.1 Å². The summed E-state index contributed by atoms with van der Waals surface area (Å²) in [5.74, 6) is 0.0185. The highest BCUT2D eigenvalue weighted by atomic mass is 19.1. The van der Waals surface area contributed by atoms with Gasteiger partial charge in [-0.3, -0.25) is 9.59 Å². The molecule has 64 heavy (non-hydrogen) atoms. The van der Waals surface area contributed by atoms with Crippen molar-refractivity contribution >= 4 is 17.9 Å². The molecule has 3 aliphatic carbocycles. The van der Waals surface area contributed by atoms with Crippen LogP contribution in [0.25, 0.3) is 0 Å². The fraction of sp³-hybridized carbons (Fsp3) is 0.519. The van der Waals surface area contributed by atoms with Crippen molar-refractivity contribution < 1.29 is 48.0 Å². The number of hydrogen-bond acceptors (Lipinski definition) is 10. The Kier molecular flexibility index (Phi) is 16.3. The molecule has 3 aromatic rings. The molecule has 1 aliphatic heterocycles. The molecule has 11 nitrogen and oxygen atoms in total. The molecule has 0 saturated heterocycles. The molecule has 0 spiro atoms. The van der Waals surface area contributed by atoms with Crippen LogP contribution in [0.1, 0.15) is 118 Å². The van der Waals surface area contributed by atoms with Crippen molar-refractivity contribution in [2.45, 2.75) is 115 Å². The number of allylic oxidation sites excluding steroid dienone is 1. The number of aldehydes is 1. The molecule has 0 radical (unpaired) electrons. The lowest BCUT2D eigenvalue weighted by atomic mass is 9.55. The Bertz CT molecular complexity index is 2120. The minimum atomic E-state index is -1.44. The average Bonchev–Trinajstić information content (AvgIpc) is 3.84. The Morgan fingerprint density at radius 2 is 1.72 bits per heavy atom. The Morgan fingerprint density at radius 3 is 2.42 bits per heavy atom. The summed E-state index contributed by atoms with van der Waals surface area (Å²) in [6, 6.07) is 16.5. The molecule has 3 aromatic carbocycles. The van der Waals surface area contributed by atoms with Gasteiger partial charge >= 0.3 is 0 Å². The van der Waals surface area contributed by atoms with E-state index >= 15 is 4.79 Å². The average molecular weight is 881 g/mol. The maximum Gasteiger partial charge on any atom is 0.239 e. The number of oxime groups is 1. The van der Waals surface area contributed by atoms with Crippen molar-refractivity contribution in [3.63, 3.8) is 0 Å². The van der Waals surface area contributed by atoms with Crippen molar-refractivity contribution in [3.8, 4) is 23.0 Å². The Labute approximate surface area is 377 Å². The van der Waals surface area contributed by atoms with Gasteiger partial charge in [0, 0.05) is 44.1 Å². The number of nitrogens with zero attached hydrogens (tertiary/aromatic N) is 2. The van der Waals surface area contributed by atoms with Gasteiger partial charge in [-0.2, -0.15) is 0 Å². The number of halogens is 1. The summed E-state index contributed by atoms with van der Waals surface area (Å²) < 4.78 is 40.8. The van der Waals surface area contributed by atoms with E-state index in [9.17, 15) is 19.4 Å². The van der Waals surface area contributed by atoms with E-state index in [1.54, 1.807) is 36.4 Å². The summed E-state index contributed by atoms with van der Waals surface area (Å²) in [5, 5.41) is 24.8. The molecule has 344 valence electrons. The van der Waals surface area contributed by atoms with Crippen LogP contribution in [-0.4, -0.2) is 78.4 Å². The molecule has 0 aromatic heterocycles. The van der Waals surface area contributed by atoms with Gasteiger partial charge in [-0.1, -0.05) is 68.0 Å². The summed E-state index contributed by atoms with van der Waals surface area (Å²) in [6.07, 6.45) is 15.2. The molecule has 0 bridgehead atoms. The number of aliphatic hydroxyl groups excluding tert-OH is 2. The van der Waals surface area contributed by atoms with Gasteiger partial charge in [-0.05, 0) is 116 Å². The van der Waals surface area contributed by atoms with Crippen molar-refractivity contribution in [3.05, 3.63) is 107 Å². The zero-order chi connectivity index (χ0) is 45.1. The van der Waals surface area contributed by atoms with Crippen molar-refractivity contribution in [2.75, 3.05) is 33.5 Å². The number of aliphatic hydroxyl groups is 2. The van der Waals surface area contributed by atoms with Gasteiger partial charge in [-0.15, -0.1) is 6.58 Å². The quantitative estimate of drug-likeness (QED) is 0.0413. The third kappa shape index (κ3) is 10.4. The smallest absolute Gasteiger partial charge is 0.239 e. The first-order valence-electron chi connectivity index (χ1n) is 23.3. The van der Waals surface area contributed by atoms with Crippen molar-refractivity contribution in [1.29, 1.82) is 0 Å².